The maximum Gasteiger partial charge on any atom is 0.0951 e. The van der Waals surface area contributed by atoms with Crippen molar-refractivity contribution in [2.75, 3.05) is 6.61 Å². The topological polar surface area (TPSA) is 59.1 Å². The second-order valence-corrected chi connectivity index (χ2v) is 3.83. The molecule has 0 bridgehead atoms. The molecule has 0 aliphatic heterocycles. The Labute approximate surface area is 76.3 Å². The minimum atomic E-state index is 0.161. The van der Waals surface area contributed by atoms with Crippen molar-refractivity contribution < 1.29 is 5.11 Å². The summed E-state index contributed by atoms with van der Waals surface area (Å²) in [5.41, 5.74) is 6.66. The highest BCUT2D eigenvalue weighted by Crippen LogP contribution is 2.11. The van der Waals surface area contributed by atoms with Gasteiger partial charge in [-0.2, -0.15) is 0 Å². The maximum atomic E-state index is 8.65. The number of aliphatic hydroxyl groups is 1. The summed E-state index contributed by atoms with van der Waals surface area (Å²) in [6.07, 6.45) is 1.48. The Morgan fingerprint density at radius 2 is 2.50 bits per heavy atom. The van der Waals surface area contributed by atoms with Crippen LogP contribution < -0.4 is 5.73 Å². The Morgan fingerprint density at radius 1 is 1.75 bits per heavy atom. The molecule has 0 saturated heterocycles. The summed E-state index contributed by atoms with van der Waals surface area (Å²) in [5, 5.41) is 11.7. The molecule has 1 aromatic heterocycles. The molecule has 68 valence electrons. The van der Waals surface area contributed by atoms with Gasteiger partial charge in [0.2, 0.25) is 0 Å². The molecule has 1 aromatic rings. The SMILES string of the molecule is CC(N)Cc1csc(CCO)n1. The first-order chi connectivity index (χ1) is 5.72. The van der Waals surface area contributed by atoms with Crippen molar-refractivity contribution in [1.29, 1.82) is 0 Å². The first-order valence-electron chi connectivity index (χ1n) is 4.02. The van der Waals surface area contributed by atoms with Gasteiger partial charge in [0.25, 0.3) is 0 Å². The third-order valence-corrected chi connectivity index (χ3v) is 2.41. The number of hydrogen-bond donors (Lipinski definition) is 2. The Bertz CT molecular complexity index is 235. The average molecular weight is 186 g/mol. The van der Waals surface area contributed by atoms with Crippen LogP contribution in [-0.4, -0.2) is 22.7 Å². The predicted molar refractivity (Wildman–Crippen MR) is 50.3 cm³/mol. The van der Waals surface area contributed by atoms with Gasteiger partial charge in [-0.1, -0.05) is 0 Å². The molecule has 1 rings (SSSR count). The molecule has 1 atom stereocenters. The fourth-order valence-corrected chi connectivity index (χ4v) is 1.78. The standard InChI is InChI=1S/C8H14N2OS/c1-6(9)4-7-5-12-8(10-7)2-3-11/h5-6,11H,2-4,9H2,1H3. The van der Waals surface area contributed by atoms with Crippen LogP contribution in [0.25, 0.3) is 0 Å². The highest BCUT2D eigenvalue weighted by atomic mass is 32.1. The minimum Gasteiger partial charge on any atom is -0.396 e. The molecule has 0 amide bonds. The molecule has 3 nitrogen and oxygen atoms in total. The number of nitrogens with two attached hydrogens (primary N) is 1. The van der Waals surface area contributed by atoms with Gasteiger partial charge in [-0.3, -0.25) is 0 Å². The second-order valence-electron chi connectivity index (χ2n) is 2.89. The van der Waals surface area contributed by atoms with Crippen LogP contribution in [-0.2, 0) is 12.8 Å². The van der Waals surface area contributed by atoms with Gasteiger partial charge < -0.3 is 10.8 Å². The van der Waals surface area contributed by atoms with Gasteiger partial charge in [-0.25, -0.2) is 4.98 Å². The molecule has 0 fully saturated rings. The fraction of sp³-hybridized carbons (Fsp3) is 0.625. The molecule has 4 heteroatoms. The number of nitrogens with zero attached hydrogens (tertiary/aromatic N) is 1. The average Bonchev–Trinajstić information content (AvgIpc) is 2.36. The van der Waals surface area contributed by atoms with Gasteiger partial charge >= 0.3 is 0 Å². The lowest BCUT2D eigenvalue weighted by atomic mass is 10.2. The molecule has 3 N–H and O–H groups in total. The zero-order valence-corrected chi connectivity index (χ0v) is 7.97. The second kappa shape index (κ2) is 4.54. The summed E-state index contributed by atoms with van der Waals surface area (Å²) in [5.74, 6) is 0. The molecule has 0 saturated carbocycles. The number of aromatic nitrogens is 1. The van der Waals surface area contributed by atoms with Crippen molar-refractivity contribution in [1.82, 2.24) is 4.98 Å². The molecular formula is C8H14N2OS. The molecule has 1 heterocycles. The Balaban J connectivity index is 2.52. The van der Waals surface area contributed by atoms with Crippen LogP contribution in [0.4, 0.5) is 0 Å². The van der Waals surface area contributed by atoms with E-state index in [1.54, 1.807) is 11.3 Å². The highest BCUT2D eigenvalue weighted by Gasteiger charge is 2.03. The van der Waals surface area contributed by atoms with E-state index in [0.29, 0.717) is 6.42 Å². The Kier molecular flexibility index (Phi) is 3.65. The van der Waals surface area contributed by atoms with E-state index in [9.17, 15) is 0 Å². The van der Waals surface area contributed by atoms with E-state index in [2.05, 4.69) is 4.98 Å². The van der Waals surface area contributed by atoms with E-state index in [1.807, 2.05) is 12.3 Å². The van der Waals surface area contributed by atoms with Crippen molar-refractivity contribution >= 4 is 11.3 Å². The van der Waals surface area contributed by atoms with Gasteiger partial charge in [0, 0.05) is 30.9 Å². The van der Waals surface area contributed by atoms with E-state index in [4.69, 9.17) is 10.8 Å². The number of thiazole rings is 1. The summed E-state index contributed by atoms with van der Waals surface area (Å²) in [4.78, 5) is 4.32. The van der Waals surface area contributed by atoms with Gasteiger partial charge in [-0.15, -0.1) is 11.3 Å². The van der Waals surface area contributed by atoms with E-state index in [-0.39, 0.29) is 12.6 Å². The Hall–Kier alpha value is -0.450. The first-order valence-corrected chi connectivity index (χ1v) is 4.90. The lowest BCUT2D eigenvalue weighted by molar-refractivity contribution is 0.299. The zero-order chi connectivity index (χ0) is 8.97. The van der Waals surface area contributed by atoms with Crippen molar-refractivity contribution in [3.05, 3.63) is 16.1 Å². The minimum absolute atomic E-state index is 0.161. The summed E-state index contributed by atoms with van der Waals surface area (Å²) in [6, 6.07) is 0.161. The van der Waals surface area contributed by atoms with Crippen molar-refractivity contribution in [3.8, 4) is 0 Å². The fourth-order valence-electron chi connectivity index (χ4n) is 0.983. The van der Waals surface area contributed by atoms with Crippen LogP contribution in [0.2, 0.25) is 0 Å². The summed E-state index contributed by atoms with van der Waals surface area (Å²) >= 11 is 1.59. The van der Waals surface area contributed by atoms with E-state index < -0.39 is 0 Å². The van der Waals surface area contributed by atoms with E-state index in [1.165, 1.54) is 0 Å². The van der Waals surface area contributed by atoms with E-state index in [0.717, 1.165) is 17.1 Å². The summed E-state index contributed by atoms with van der Waals surface area (Å²) in [6.45, 7) is 2.14. The molecule has 0 radical (unpaired) electrons. The van der Waals surface area contributed by atoms with Gasteiger partial charge in [0.05, 0.1) is 10.7 Å². The van der Waals surface area contributed by atoms with Crippen LogP contribution >= 0.6 is 11.3 Å². The molecular weight excluding hydrogens is 172 g/mol. The quantitative estimate of drug-likeness (QED) is 0.722. The summed E-state index contributed by atoms with van der Waals surface area (Å²) < 4.78 is 0. The van der Waals surface area contributed by atoms with Crippen molar-refractivity contribution in [2.45, 2.75) is 25.8 Å². The van der Waals surface area contributed by atoms with Gasteiger partial charge in [-0.05, 0) is 6.92 Å². The predicted octanol–water partition coefficient (Wildman–Crippen LogP) is 0.568. The Morgan fingerprint density at radius 3 is 3.08 bits per heavy atom. The van der Waals surface area contributed by atoms with Crippen LogP contribution in [0.3, 0.4) is 0 Å². The van der Waals surface area contributed by atoms with Crippen molar-refractivity contribution in [2.24, 2.45) is 5.73 Å². The van der Waals surface area contributed by atoms with Gasteiger partial charge in [0.15, 0.2) is 0 Å². The number of hydrogen-bond acceptors (Lipinski definition) is 4. The number of aliphatic hydroxyl groups excluding tert-OH is 1. The monoisotopic (exact) mass is 186 g/mol. The van der Waals surface area contributed by atoms with Crippen molar-refractivity contribution in [3.63, 3.8) is 0 Å². The van der Waals surface area contributed by atoms with Crippen LogP contribution in [0.5, 0.6) is 0 Å². The smallest absolute Gasteiger partial charge is 0.0951 e. The van der Waals surface area contributed by atoms with Crippen LogP contribution in [0.1, 0.15) is 17.6 Å². The third kappa shape index (κ3) is 2.89. The molecule has 12 heavy (non-hydrogen) atoms. The highest BCUT2D eigenvalue weighted by molar-refractivity contribution is 7.09. The molecule has 0 aliphatic carbocycles. The zero-order valence-electron chi connectivity index (χ0n) is 7.16. The van der Waals surface area contributed by atoms with Crippen LogP contribution in [0.15, 0.2) is 5.38 Å². The molecule has 0 aromatic carbocycles. The maximum absolute atomic E-state index is 8.65. The molecule has 1 unspecified atom stereocenters. The lowest BCUT2D eigenvalue weighted by Gasteiger charge is -1.99. The normalized spacial score (nSPS) is 13.2. The van der Waals surface area contributed by atoms with Crippen LogP contribution in [0, 0.1) is 0 Å². The largest absolute Gasteiger partial charge is 0.396 e. The summed E-state index contributed by atoms with van der Waals surface area (Å²) in [7, 11) is 0. The lowest BCUT2D eigenvalue weighted by Crippen LogP contribution is -2.17. The molecule has 0 spiro atoms. The number of rotatable bonds is 4. The first kappa shape index (κ1) is 9.64. The van der Waals surface area contributed by atoms with E-state index >= 15 is 0 Å². The third-order valence-electron chi connectivity index (χ3n) is 1.46. The van der Waals surface area contributed by atoms with Gasteiger partial charge in [0.1, 0.15) is 0 Å². The molecule has 0 aliphatic rings.